The number of ether oxygens (including phenoxy) is 2. The molecular formula is C17H14Cl2F2N2O3. The van der Waals surface area contributed by atoms with Gasteiger partial charge in [-0.1, -0.05) is 23.2 Å². The van der Waals surface area contributed by atoms with Crippen LogP contribution in [0.3, 0.4) is 0 Å². The highest BCUT2D eigenvalue weighted by molar-refractivity contribution is 6.39. The standard InChI is InChI=1S/C17H14Cl2F2N2O3/c1-25-15-12(20)4-9(13(21)16(15)26-7-8-2-3-8)17(24)23-14-10(18)5-22-6-11(14)19/h4-6,8H,2-3,7H2,1H3,(H,22,23,24). The van der Waals surface area contributed by atoms with Crippen LogP contribution in [0.25, 0.3) is 0 Å². The Hall–Kier alpha value is -2.12. The van der Waals surface area contributed by atoms with Crippen LogP contribution in [0.2, 0.25) is 10.0 Å². The van der Waals surface area contributed by atoms with Crippen LogP contribution in [-0.4, -0.2) is 24.6 Å². The lowest BCUT2D eigenvalue weighted by Crippen LogP contribution is -2.16. The molecule has 5 nitrogen and oxygen atoms in total. The number of carbonyl (C=O) groups is 1. The van der Waals surface area contributed by atoms with Crippen molar-refractivity contribution in [3.8, 4) is 11.5 Å². The Labute approximate surface area is 158 Å². The van der Waals surface area contributed by atoms with E-state index in [0.29, 0.717) is 5.92 Å². The van der Waals surface area contributed by atoms with Gasteiger partial charge in [-0.15, -0.1) is 0 Å². The number of rotatable bonds is 6. The number of benzene rings is 1. The lowest BCUT2D eigenvalue weighted by atomic mass is 10.1. The average molecular weight is 403 g/mol. The molecule has 3 rings (SSSR count). The molecule has 138 valence electrons. The summed E-state index contributed by atoms with van der Waals surface area (Å²) in [5.74, 6) is -3.40. The average Bonchev–Trinajstić information content (AvgIpc) is 3.42. The number of aromatic nitrogens is 1. The van der Waals surface area contributed by atoms with Gasteiger partial charge in [-0.2, -0.15) is 0 Å². The highest BCUT2D eigenvalue weighted by atomic mass is 35.5. The molecule has 1 aliphatic carbocycles. The predicted molar refractivity (Wildman–Crippen MR) is 93.3 cm³/mol. The van der Waals surface area contributed by atoms with Crippen LogP contribution in [0.1, 0.15) is 23.2 Å². The van der Waals surface area contributed by atoms with Crippen molar-refractivity contribution >= 4 is 34.8 Å². The minimum atomic E-state index is -1.03. The zero-order valence-corrected chi connectivity index (χ0v) is 15.1. The van der Waals surface area contributed by atoms with Gasteiger partial charge < -0.3 is 14.8 Å². The second kappa shape index (κ2) is 7.63. The summed E-state index contributed by atoms with van der Waals surface area (Å²) in [4.78, 5) is 16.2. The molecule has 1 N–H and O–H groups in total. The number of hydrogen-bond acceptors (Lipinski definition) is 4. The van der Waals surface area contributed by atoms with Crippen molar-refractivity contribution in [3.63, 3.8) is 0 Å². The molecule has 0 spiro atoms. The number of methoxy groups -OCH3 is 1. The fourth-order valence-corrected chi connectivity index (χ4v) is 2.73. The lowest BCUT2D eigenvalue weighted by Gasteiger charge is -2.15. The highest BCUT2D eigenvalue weighted by Gasteiger charge is 2.28. The maximum atomic E-state index is 14.8. The van der Waals surface area contributed by atoms with Crippen LogP contribution >= 0.6 is 23.2 Å². The predicted octanol–water partition coefficient (Wildman–Crippen LogP) is 4.72. The summed E-state index contributed by atoms with van der Waals surface area (Å²) in [6, 6.07) is 0.733. The zero-order chi connectivity index (χ0) is 18.8. The van der Waals surface area contributed by atoms with E-state index in [1.165, 1.54) is 19.5 Å². The Bertz CT molecular complexity index is 840. The molecule has 0 saturated heterocycles. The molecule has 0 unspecified atom stereocenters. The van der Waals surface area contributed by atoms with Crippen LogP contribution in [0.4, 0.5) is 14.5 Å². The highest BCUT2D eigenvalue weighted by Crippen LogP contribution is 2.38. The van der Waals surface area contributed by atoms with E-state index in [2.05, 4.69) is 10.3 Å². The molecule has 0 bridgehead atoms. The minimum Gasteiger partial charge on any atom is -0.490 e. The normalized spacial score (nSPS) is 13.4. The summed E-state index contributed by atoms with van der Waals surface area (Å²) in [6.45, 7) is 0.222. The quantitative estimate of drug-likeness (QED) is 0.759. The van der Waals surface area contributed by atoms with Crippen LogP contribution in [-0.2, 0) is 0 Å². The monoisotopic (exact) mass is 402 g/mol. The molecule has 1 fully saturated rings. The first-order valence-corrected chi connectivity index (χ1v) is 8.47. The Balaban J connectivity index is 1.94. The van der Waals surface area contributed by atoms with Gasteiger partial charge in [0.05, 0.1) is 35.0 Å². The van der Waals surface area contributed by atoms with E-state index in [1.54, 1.807) is 0 Å². The van der Waals surface area contributed by atoms with Crippen molar-refractivity contribution in [1.29, 1.82) is 0 Å². The molecule has 1 aliphatic rings. The van der Waals surface area contributed by atoms with Crippen LogP contribution < -0.4 is 14.8 Å². The summed E-state index contributed by atoms with van der Waals surface area (Å²) >= 11 is 11.9. The topological polar surface area (TPSA) is 60.5 Å². The van der Waals surface area contributed by atoms with Crippen molar-refractivity contribution in [1.82, 2.24) is 4.98 Å². The number of carbonyl (C=O) groups excluding carboxylic acids is 1. The molecule has 1 saturated carbocycles. The summed E-state index contributed by atoms with van der Waals surface area (Å²) in [5.41, 5.74) is -0.512. The lowest BCUT2D eigenvalue weighted by molar-refractivity contribution is 0.102. The van der Waals surface area contributed by atoms with Gasteiger partial charge in [-0.05, 0) is 24.8 Å². The van der Waals surface area contributed by atoms with Crippen molar-refractivity contribution < 1.29 is 23.0 Å². The smallest absolute Gasteiger partial charge is 0.258 e. The molecule has 1 aromatic heterocycles. The van der Waals surface area contributed by atoms with E-state index in [4.69, 9.17) is 32.7 Å². The van der Waals surface area contributed by atoms with E-state index in [1.807, 2.05) is 0 Å². The summed E-state index contributed by atoms with van der Waals surface area (Å²) in [7, 11) is 1.19. The number of hydrogen-bond donors (Lipinski definition) is 1. The molecule has 0 atom stereocenters. The van der Waals surface area contributed by atoms with Gasteiger partial charge in [-0.25, -0.2) is 8.78 Å². The van der Waals surface area contributed by atoms with Gasteiger partial charge in [0, 0.05) is 12.4 Å². The van der Waals surface area contributed by atoms with Gasteiger partial charge >= 0.3 is 0 Å². The number of amides is 1. The number of anilines is 1. The first kappa shape index (κ1) is 18.7. The van der Waals surface area contributed by atoms with Crippen molar-refractivity contribution in [3.05, 3.63) is 45.7 Å². The molecule has 2 aromatic rings. The zero-order valence-electron chi connectivity index (χ0n) is 13.6. The molecular weight excluding hydrogens is 389 g/mol. The Morgan fingerprint density at radius 3 is 2.50 bits per heavy atom. The van der Waals surface area contributed by atoms with Crippen LogP contribution in [0.15, 0.2) is 18.5 Å². The van der Waals surface area contributed by atoms with Gasteiger partial charge in [0.15, 0.2) is 17.4 Å². The SMILES string of the molecule is COc1c(F)cc(C(=O)Nc2c(Cl)cncc2Cl)c(F)c1OCC1CC1. The van der Waals surface area contributed by atoms with E-state index in [9.17, 15) is 13.6 Å². The molecule has 1 aromatic carbocycles. The van der Waals surface area contributed by atoms with E-state index < -0.39 is 28.9 Å². The van der Waals surface area contributed by atoms with Gasteiger partial charge in [0.1, 0.15) is 0 Å². The molecule has 1 heterocycles. The number of pyridine rings is 1. The minimum absolute atomic E-state index is 0.0457. The number of nitrogens with zero attached hydrogens (tertiary/aromatic N) is 1. The maximum absolute atomic E-state index is 14.8. The number of nitrogens with one attached hydrogen (secondary N) is 1. The molecule has 9 heteroatoms. The van der Waals surface area contributed by atoms with Crippen molar-refractivity contribution in [2.75, 3.05) is 19.0 Å². The first-order chi connectivity index (χ1) is 12.4. The maximum Gasteiger partial charge on any atom is 0.258 e. The first-order valence-electron chi connectivity index (χ1n) is 7.71. The Morgan fingerprint density at radius 1 is 1.27 bits per heavy atom. The Kier molecular flexibility index (Phi) is 5.48. The molecule has 0 radical (unpaired) electrons. The largest absolute Gasteiger partial charge is 0.490 e. The summed E-state index contributed by atoms with van der Waals surface area (Å²) in [5, 5.41) is 2.48. The van der Waals surface area contributed by atoms with Gasteiger partial charge in [-0.3, -0.25) is 9.78 Å². The summed E-state index contributed by atoms with van der Waals surface area (Å²) < 4.78 is 39.3. The van der Waals surface area contributed by atoms with Crippen LogP contribution in [0.5, 0.6) is 11.5 Å². The third-order valence-electron chi connectivity index (χ3n) is 3.83. The third kappa shape index (κ3) is 3.83. The van der Waals surface area contributed by atoms with Crippen molar-refractivity contribution in [2.24, 2.45) is 5.92 Å². The van der Waals surface area contributed by atoms with Gasteiger partial charge in [0.2, 0.25) is 5.75 Å². The van der Waals surface area contributed by atoms with Crippen molar-refractivity contribution in [2.45, 2.75) is 12.8 Å². The van der Waals surface area contributed by atoms with E-state index in [-0.39, 0.29) is 28.1 Å². The van der Waals surface area contributed by atoms with Crippen LogP contribution in [0, 0.1) is 17.6 Å². The summed E-state index contributed by atoms with van der Waals surface area (Å²) in [6.07, 6.45) is 4.45. The van der Waals surface area contributed by atoms with E-state index in [0.717, 1.165) is 18.9 Å². The Morgan fingerprint density at radius 2 is 1.92 bits per heavy atom. The molecule has 1 amide bonds. The number of halogens is 4. The van der Waals surface area contributed by atoms with Gasteiger partial charge in [0.25, 0.3) is 5.91 Å². The second-order valence-electron chi connectivity index (χ2n) is 5.77. The fourth-order valence-electron chi connectivity index (χ4n) is 2.27. The second-order valence-corrected chi connectivity index (χ2v) is 6.58. The fraction of sp³-hybridized carbons (Fsp3) is 0.294. The van der Waals surface area contributed by atoms with E-state index >= 15 is 0 Å². The third-order valence-corrected chi connectivity index (χ3v) is 4.40. The molecule has 0 aliphatic heterocycles. The molecule has 26 heavy (non-hydrogen) atoms.